The van der Waals surface area contributed by atoms with Crippen LogP contribution in [-0.2, 0) is 13.6 Å². The van der Waals surface area contributed by atoms with Gasteiger partial charge in [-0.05, 0) is 80.5 Å². The fraction of sp³-hybridized carbons (Fsp3) is 0.321. The quantitative estimate of drug-likeness (QED) is 0.342. The van der Waals surface area contributed by atoms with Gasteiger partial charge in [0.1, 0.15) is 5.82 Å². The third kappa shape index (κ3) is 4.45. The van der Waals surface area contributed by atoms with E-state index in [-0.39, 0.29) is 5.82 Å². The summed E-state index contributed by atoms with van der Waals surface area (Å²) in [5, 5.41) is 3.59. The van der Waals surface area contributed by atoms with Crippen LogP contribution >= 0.6 is 0 Å². The fourth-order valence-corrected chi connectivity index (χ4v) is 4.77. The minimum absolute atomic E-state index is 0.196. The van der Waals surface area contributed by atoms with Gasteiger partial charge < -0.3 is 14.8 Å². The summed E-state index contributed by atoms with van der Waals surface area (Å²) in [5.41, 5.74) is 9.17. The Morgan fingerprint density at radius 2 is 1.73 bits per heavy atom. The number of benzene rings is 3. The number of para-hydroxylation sites is 1. The predicted molar refractivity (Wildman–Crippen MR) is 135 cm³/mol. The van der Waals surface area contributed by atoms with E-state index in [9.17, 15) is 4.39 Å². The van der Waals surface area contributed by atoms with Crippen molar-refractivity contribution < 1.29 is 4.39 Å². The van der Waals surface area contributed by atoms with Crippen LogP contribution in [0.15, 0.2) is 54.6 Å². The van der Waals surface area contributed by atoms with Crippen molar-refractivity contribution in [1.29, 1.82) is 0 Å². The van der Waals surface area contributed by atoms with Gasteiger partial charge in [0.05, 0.1) is 16.7 Å². The summed E-state index contributed by atoms with van der Waals surface area (Å²) in [4.78, 5) is 7.38. The average Bonchev–Trinajstić information content (AvgIpc) is 3.54. The highest BCUT2D eigenvalue weighted by molar-refractivity contribution is 5.91. The van der Waals surface area contributed by atoms with Crippen LogP contribution in [-0.4, -0.2) is 16.1 Å². The Bertz CT molecular complexity index is 1280. The van der Waals surface area contributed by atoms with Crippen LogP contribution in [0.25, 0.3) is 11.0 Å². The molecular weight excluding hydrogens is 411 g/mol. The topological polar surface area (TPSA) is 33.1 Å². The number of hydrogen-bond acceptors (Lipinski definition) is 3. The van der Waals surface area contributed by atoms with Gasteiger partial charge in [0, 0.05) is 25.8 Å². The molecule has 0 radical (unpaired) electrons. The van der Waals surface area contributed by atoms with Gasteiger partial charge in [-0.1, -0.05) is 35.9 Å². The second-order valence-corrected chi connectivity index (χ2v) is 9.49. The van der Waals surface area contributed by atoms with E-state index in [4.69, 9.17) is 4.98 Å². The van der Waals surface area contributed by atoms with Gasteiger partial charge in [-0.2, -0.15) is 0 Å². The summed E-state index contributed by atoms with van der Waals surface area (Å²) < 4.78 is 15.6. The first-order valence-electron chi connectivity index (χ1n) is 11.7. The maximum Gasteiger partial charge on any atom is 0.208 e. The summed E-state index contributed by atoms with van der Waals surface area (Å²) in [7, 11) is 2.08. The number of anilines is 3. The Morgan fingerprint density at radius 3 is 2.39 bits per heavy atom. The van der Waals surface area contributed by atoms with E-state index in [1.165, 1.54) is 35.2 Å². The van der Waals surface area contributed by atoms with Crippen LogP contribution in [0.5, 0.6) is 0 Å². The monoisotopic (exact) mass is 442 g/mol. The van der Waals surface area contributed by atoms with Crippen molar-refractivity contribution in [2.45, 2.75) is 40.2 Å². The van der Waals surface area contributed by atoms with Crippen LogP contribution in [0.2, 0.25) is 0 Å². The Labute approximate surface area is 195 Å². The van der Waals surface area contributed by atoms with Gasteiger partial charge >= 0.3 is 0 Å². The maximum atomic E-state index is 13.5. The number of rotatable bonds is 7. The maximum absolute atomic E-state index is 13.5. The van der Waals surface area contributed by atoms with Crippen molar-refractivity contribution in [3.8, 4) is 0 Å². The molecule has 4 nitrogen and oxygen atoms in total. The first-order chi connectivity index (χ1) is 15.9. The van der Waals surface area contributed by atoms with Gasteiger partial charge in [-0.25, -0.2) is 9.37 Å². The van der Waals surface area contributed by atoms with Gasteiger partial charge in [0.25, 0.3) is 0 Å². The molecule has 5 heteroatoms. The Hall–Kier alpha value is -3.34. The largest absolute Gasteiger partial charge is 0.365 e. The standard InChI is InChI=1S/C28H31FN4/c1-18-14-19(2)26(20(3)15-18)31-28-30-24-6-5-7-25(27(24)32(28)4)33(16-21-8-9-21)17-22-10-12-23(29)13-11-22/h5-7,10-15,21H,8-9,16-17H2,1-4H3,(H,30,31). The number of imidazole rings is 1. The molecule has 1 fully saturated rings. The van der Waals surface area contributed by atoms with Crippen LogP contribution in [0.3, 0.4) is 0 Å². The minimum atomic E-state index is -0.196. The van der Waals surface area contributed by atoms with Crippen LogP contribution in [0.4, 0.5) is 21.7 Å². The lowest BCUT2D eigenvalue weighted by Gasteiger charge is -2.26. The van der Waals surface area contributed by atoms with Crippen LogP contribution in [0.1, 0.15) is 35.1 Å². The highest BCUT2D eigenvalue weighted by Gasteiger charge is 2.26. The molecule has 5 rings (SSSR count). The van der Waals surface area contributed by atoms with Gasteiger partial charge in [-0.3, -0.25) is 0 Å². The number of fused-ring (bicyclic) bond motifs is 1. The molecule has 3 aromatic carbocycles. The zero-order valence-corrected chi connectivity index (χ0v) is 19.8. The molecule has 0 aliphatic heterocycles. The van der Waals surface area contributed by atoms with E-state index in [1.807, 2.05) is 12.1 Å². The number of aryl methyl sites for hydroxylation is 4. The molecule has 0 saturated heterocycles. The molecule has 0 unspecified atom stereocenters. The number of nitrogens with zero attached hydrogens (tertiary/aromatic N) is 3. The average molecular weight is 443 g/mol. The Kier molecular flexibility index (Phi) is 5.57. The lowest BCUT2D eigenvalue weighted by Crippen LogP contribution is -2.25. The summed E-state index contributed by atoms with van der Waals surface area (Å²) in [6, 6.07) is 17.6. The van der Waals surface area contributed by atoms with Crippen molar-refractivity contribution in [1.82, 2.24) is 9.55 Å². The van der Waals surface area contributed by atoms with Gasteiger partial charge in [0.15, 0.2) is 0 Å². The molecule has 1 aliphatic rings. The number of halogens is 1. The van der Waals surface area contributed by atoms with E-state index in [1.54, 1.807) is 12.1 Å². The van der Waals surface area contributed by atoms with E-state index >= 15 is 0 Å². The lowest BCUT2D eigenvalue weighted by molar-refractivity contribution is 0.626. The summed E-state index contributed by atoms with van der Waals surface area (Å²) >= 11 is 0. The smallest absolute Gasteiger partial charge is 0.208 e. The molecule has 0 spiro atoms. The van der Waals surface area contributed by atoms with Crippen molar-refractivity contribution in [3.05, 3.63) is 82.7 Å². The molecule has 33 heavy (non-hydrogen) atoms. The second kappa shape index (κ2) is 8.54. The highest BCUT2D eigenvalue weighted by Crippen LogP contribution is 2.36. The third-order valence-corrected chi connectivity index (χ3v) is 6.59. The zero-order chi connectivity index (χ0) is 23.1. The highest BCUT2D eigenvalue weighted by atomic mass is 19.1. The van der Waals surface area contributed by atoms with Gasteiger partial charge in [-0.15, -0.1) is 0 Å². The first-order valence-corrected chi connectivity index (χ1v) is 11.7. The van der Waals surface area contributed by atoms with Crippen molar-refractivity contribution in [2.75, 3.05) is 16.8 Å². The van der Waals surface area contributed by atoms with Crippen LogP contribution in [0, 0.1) is 32.5 Å². The lowest BCUT2D eigenvalue weighted by atomic mass is 10.1. The summed E-state index contributed by atoms with van der Waals surface area (Å²) in [6.07, 6.45) is 2.56. The summed E-state index contributed by atoms with van der Waals surface area (Å²) in [6.45, 7) is 8.15. The summed E-state index contributed by atoms with van der Waals surface area (Å²) in [5.74, 6) is 1.36. The number of aromatic nitrogens is 2. The first kappa shape index (κ1) is 21.5. The number of nitrogens with one attached hydrogen (secondary N) is 1. The second-order valence-electron chi connectivity index (χ2n) is 9.49. The van der Waals surface area contributed by atoms with Gasteiger partial charge in [0.2, 0.25) is 5.95 Å². The normalized spacial score (nSPS) is 13.5. The molecule has 0 bridgehead atoms. The predicted octanol–water partition coefficient (Wildman–Crippen LogP) is 6.80. The molecule has 1 saturated carbocycles. The van der Waals surface area contributed by atoms with E-state index in [2.05, 4.69) is 72.9 Å². The van der Waals surface area contributed by atoms with E-state index in [0.717, 1.165) is 47.2 Å². The Balaban J connectivity index is 1.54. The third-order valence-electron chi connectivity index (χ3n) is 6.59. The van der Waals surface area contributed by atoms with E-state index < -0.39 is 0 Å². The Morgan fingerprint density at radius 1 is 1.03 bits per heavy atom. The van der Waals surface area contributed by atoms with E-state index in [0.29, 0.717) is 0 Å². The van der Waals surface area contributed by atoms with Crippen molar-refractivity contribution in [2.24, 2.45) is 13.0 Å². The molecule has 1 N–H and O–H groups in total. The van der Waals surface area contributed by atoms with Crippen LogP contribution < -0.4 is 10.2 Å². The number of hydrogen-bond donors (Lipinski definition) is 1. The van der Waals surface area contributed by atoms with Crippen molar-refractivity contribution in [3.63, 3.8) is 0 Å². The fourth-order valence-electron chi connectivity index (χ4n) is 4.77. The minimum Gasteiger partial charge on any atom is -0.365 e. The molecule has 1 aliphatic carbocycles. The molecule has 0 atom stereocenters. The molecule has 0 amide bonds. The molecule has 1 heterocycles. The zero-order valence-electron chi connectivity index (χ0n) is 19.8. The molecule has 170 valence electrons. The molecular formula is C28H31FN4. The molecule has 4 aromatic rings. The van der Waals surface area contributed by atoms with Crippen molar-refractivity contribution >= 4 is 28.4 Å². The SMILES string of the molecule is Cc1cc(C)c(Nc2nc3cccc(N(Cc4ccc(F)cc4)CC4CC4)c3n2C)c(C)c1. The molecule has 1 aromatic heterocycles.